The lowest BCUT2D eigenvalue weighted by Crippen LogP contribution is -2.46. The van der Waals surface area contributed by atoms with Crippen molar-refractivity contribution in [2.75, 3.05) is 56.6 Å². The number of likely N-dealkylation sites (tertiary alicyclic amines) is 1. The van der Waals surface area contributed by atoms with E-state index < -0.39 is 58.3 Å². The van der Waals surface area contributed by atoms with Gasteiger partial charge in [0.1, 0.15) is 47.1 Å². The molecular weight excluding hydrogens is 724 g/mol. The number of nitrogens with two attached hydrogens (primary N) is 1. The zero-order chi connectivity index (χ0) is 37.4. The summed E-state index contributed by atoms with van der Waals surface area (Å²) in [5.41, 5.74) is 1.89. The van der Waals surface area contributed by atoms with Gasteiger partial charge in [-0.2, -0.15) is 28.4 Å². The zero-order valence-electron chi connectivity index (χ0n) is 28.6. The number of nitrogen functional groups attached to an aromatic ring is 1. The van der Waals surface area contributed by atoms with Gasteiger partial charge in [-0.3, -0.25) is 9.69 Å². The number of benzene rings is 2. The molecule has 6 heterocycles. The van der Waals surface area contributed by atoms with Crippen LogP contribution in [-0.2, 0) is 15.7 Å². The lowest BCUT2D eigenvalue weighted by Gasteiger charge is -2.33. The number of amides is 1. The van der Waals surface area contributed by atoms with Gasteiger partial charge in [0, 0.05) is 61.4 Å². The van der Waals surface area contributed by atoms with Crippen LogP contribution in [0.5, 0.6) is 6.01 Å². The van der Waals surface area contributed by atoms with Crippen LogP contribution in [0.3, 0.4) is 0 Å². The number of aromatic nitrogens is 2. The Labute approximate surface area is 304 Å². The summed E-state index contributed by atoms with van der Waals surface area (Å²) in [7, 11) is 0. The van der Waals surface area contributed by atoms with Crippen LogP contribution in [0.4, 0.5) is 37.2 Å². The fourth-order valence-electron chi connectivity index (χ4n) is 8.53. The summed E-state index contributed by atoms with van der Waals surface area (Å²) < 4.78 is 103. The Morgan fingerprint density at radius 3 is 2.72 bits per heavy atom. The highest BCUT2D eigenvalue weighted by atomic mass is 32.1. The highest BCUT2D eigenvalue weighted by Gasteiger charge is 2.49. The average Bonchev–Trinajstić information content (AvgIpc) is 3.86. The van der Waals surface area contributed by atoms with Crippen molar-refractivity contribution in [2.45, 2.75) is 69.1 Å². The third-order valence-corrected chi connectivity index (χ3v) is 12.2. The van der Waals surface area contributed by atoms with Crippen molar-refractivity contribution >= 4 is 49.1 Å². The SMILES string of the molecule is CCN(c1nc(OCC23CCCN2CC(F)C3)nc2c(F)c(-c3ccc(F)c4sc(N)c(C#N)c34)c(C(F)(F)F)cc12)C1CCN(C(=O)C2CCO2)C1. The fraction of sp³-hybridized carbons (Fsp3) is 0.500. The van der Waals surface area contributed by atoms with Gasteiger partial charge >= 0.3 is 12.2 Å². The van der Waals surface area contributed by atoms with Crippen LogP contribution < -0.4 is 15.4 Å². The quantitative estimate of drug-likeness (QED) is 0.203. The molecule has 2 aromatic carbocycles. The topological polar surface area (TPSA) is 121 Å². The van der Waals surface area contributed by atoms with Gasteiger partial charge in [0.15, 0.2) is 5.82 Å². The smallest absolute Gasteiger partial charge is 0.417 e. The number of carbonyl (C=O) groups excluding carboxylic acids is 1. The van der Waals surface area contributed by atoms with Crippen LogP contribution in [0.15, 0.2) is 18.2 Å². The lowest BCUT2D eigenvalue weighted by molar-refractivity contribution is -0.155. The van der Waals surface area contributed by atoms with E-state index in [1.54, 1.807) is 16.7 Å². The van der Waals surface area contributed by atoms with E-state index in [-0.39, 0.29) is 82.0 Å². The van der Waals surface area contributed by atoms with Crippen molar-refractivity contribution in [3.8, 4) is 23.2 Å². The van der Waals surface area contributed by atoms with E-state index in [9.17, 15) is 18.8 Å². The number of nitrogens with zero attached hydrogens (tertiary/aromatic N) is 6. The summed E-state index contributed by atoms with van der Waals surface area (Å²) in [5.74, 6) is -2.40. The molecule has 2 N–H and O–H groups in total. The third-order valence-electron chi connectivity index (χ3n) is 11.1. The second-order valence-electron chi connectivity index (χ2n) is 14.1. The molecule has 280 valence electrons. The molecular formula is C36H35F6N7O3S. The van der Waals surface area contributed by atoms with Gasteiger partial charge in [-0.1, -0.05) is 6.07 Å². The second-order valence-corrected chi connectivity index (χ2v) is 15.2. The molecule has 4 unspecified atom stereocenters. The average molecular weight is 760 g/mol. The minimum absolute atomic E-state index is 0.0228. The predicted molar refractivity (Wildman–Crippen MR) is 185 cm³/mol. The summed E-state index contributed by atoms with van der Waals surface area (Å²) in [6, 6.07) is 3.80. The van der Waals surface area contributed by atoms with Gasteiger partial charge in [-0.15, -0.1) is 11.3 Å². The number of fused-ring (bicyclic) bond motifs is 3. The molecule has 4 aliphatic heterocycles. The molecule has 2 aromatic heterocycles. The largest absolute Gasteiger partial charge is 0.461 e. The number of carbonyl (C=O) groups is 1. The van der Waals surface area contributed by atoms with Crippen LogP contribution >= 0.6 is 11.3 Å². The monoisotopic (exact) mass is 759 g/mol. The van der Waals surface area contributed by atoms with Crippen LogP contribution in [0.2, 0.25) is 0 Å². The van der Waals surface area contributed by atoms with E-state index in [1.807, 2.05) is 11.0 Å². The van der Waals surface area contributed by atoms with Crippen molar-refractivity contribution in [3.63, 3.8) is 0 Å². The maximum Gasteiger partial charge on any atom is 0.417 e. The van der Waals surface area contributed by atoms with Crippen LogP contribution in [0.1, 0.15) is 50.2 Å². The number of rotatable bonds is 8. The Morgan fingerprint density at radius 2 is 2.02 bits per heavy atom. The summed E-state index contributed by atoms with van der Waals surface area (Å²) in [5, 5.41) is 9.25. The minimum atomic E-state index is -5.13. The molecule has 1 amide bonds. The number of likely N-dealkylation sites (N-methyl/N-ethyl adjacent to an activating group) is 1. The summed E-state index contributed by atoms with van der Waals surface area (Å²) >= 11 is 0.680. The molecule has 0 aliphatic carbocycles. The Bertz CT molecular complexity index is 2170. The Morgan fingerprint density at radius 1 is 1.23 bits per heavy atom. The molecule has 10 nitrogen and oxygen atoms in total. The standard InChI is InChI=1S/C36H35F6N7O3S/c1-2-49(19-6-10-47(16-19)33(50)25-7-11-51-25)32-21-12-23(36(40,41)42)27(20-4-5-24(38)30-26(20)22(14-43)31(44)53-30)28(39)29(21)45-34(46-32)52-17-35-8-3-9-48(35)15-18(37)13-35/h4-5,12,18-19,25H,2-3,6-11,13,15-17,44H2,1H3. The Kier molecular flexibility index (Phi) is 8.85. The fourth-order valence-corrected chi connectivity index (χ4v) is 9.48. The van der Waals surface area contributed by atoms with E-state index in [0.29, 0.717) is 50.3 Å². The number of ether oxygens (including phenoxy) is 2. The number of alkyl halides is 4. The van der Waals surface area contributed by atoms with E-state index in [4.69, 9.17) is 15.2 Å². The number of hydrogen-bond donors (Lipinski definition) is 1. The van der Waals surface area contributed by atoms with Gasteiger partial charge in [0.25, 0.3) is 5.91 Å². The van der Waals surface area contributed by atoms with E-state index in [2.05, 4.69) is 9.97 Å². The second kappa shape index (κ2) is 13.2. The Balaban J connectivity index is 1.31. The molecule has 8 rings (SSSR count). The molecule has 0 saturated carbocycles. The van der Waals surface area contributed by atoms with Gasteiger partial charge in [0.05, 0.1) is 28.0 Å². The van der Waals surface area contributed by atoms with Crippen LogP contribution in [-0.4, -0.2) is 95.5 Å². The van der Waals surface area contributed by atoms with Crippen molar-refractivity contribution in [3.05, 3.63) is 41.0 Å². The normalized spacial score (nSPS) is 24.5. The molecule has 4 atom stereocenters. The highest BCUT2D eigenvalue weighted by Crippen LogP contribution is 2.48. The highest BCUT2D eigenvalue weighted by molar-refractivity contribution is 7.23. The number of halogens is 6. The summed E-state index contributed by atoms with van der Waals surface area (Å²) in [6.45, 7) is 4.02. The molecule has 0 radical (unpaired) electrons. The molecule has 4 aliphatic rings. The first kappa shape index (κ1) is 35.6. The number of anilines is 2. The van der Waals surface area contributed by atoms with Gasteiger partial charge in [0.2, 0.25) is 0 Å². The van der Waals surface area contributed by atoms with Gasteiger partial charge in [-0.25, -0.2) is 13.2 Å². The molecule has 4 fully saturated rings. The first-order valence-corrected chi connectivity index (χ1v) is 18.4. The zero-order valence-corrected chi connectivity index (χ0v) is 29.4. The van der Waals surface area contributed by atoms with E-state index in [1.165, 1.54) is 0 Å². The number of nitriles is 1. The third kappa shape index (κ3) is 5.89. The van der Waals surface area contributed by atoms with Crippen LogP contribution in [0.25, 0.3) is 32.1 Å². The van der Waals surface area contributed by atoms with Crippen molar-refractivity contribution < 1.29 is 40.6 Å². The maximum atomic E-state index is 17.2. The van der Waals surface area contributed by atoms with Crippen molar-refractivity contribution in [1.82, 2.24) is 19.8 Å². The number of hydrogen-bond acceptors (Lipinski definition) is 10. The predicted octanol–water partition coefficient (Wildman–Crippen LogP) is 6.43. The molecule has 0 spiro atoms. The first-order valence-electron chi connectivity index (χ1n) is 17.5. The Hall–Kier alpha value is -4.40. The molecule has 4 aromatic rings. The minimum Gasteiger partial charge on any atom is -0.461 e. The molecule has 53 heavy (non-hydrogen) atoms. The molecule has 4 saturated heterocycles. The molecule has 17 heteroatoms. The molecule has 0 bridgehead atoms. The van der Waals surface area contributed by atoms with Gasteiger partial charge in [-0.05, 0) is 50.4 Å². The van der Waals surface area contributed by atoms with E-state index in [0.717, 1.165) is 24.6 Å². The van der Waals surface area contributed by atoms with Crippen molar-refractivity contribution in [2.24, 2.45) is 0 Å². The lowest BCUT2D eigenvalue weighted by atomic mass is 9.92. The maximum absolute atomic E-state index is 17.2. The summed E-state index contributed by atoms with van der Waals surface area (Å²) in [4.78, 5) is 27.4. The van der Waals surface area contributed by atoms with Gasteiger partial charge < -0.3 is 25.0 Å². The summed E-state index contributed by atoms with van der Waals surface area (Å²) in [6.07, 6.45) is -3.94. The van der Waals surface area contributed by atoms with Crippen LogP contribution in [0, 0.1) is 23.0 Å². The van der Waals surface area contributed by atoms with E-state index >= 15 is 17.6 Å². The number of thiophene rings is 1. The first-order chi connectivity index (χ1) is 25.3. The van der Waals surface area contributed by atoms with Crippen molar-refractivity contribution in [1.29, 1.82) is 5.26 Å².